The van der Waals surface area contributed by atoms with E-state index in [0.29, 0.717) is 13.0 Å². The molecule has 0 fully saturated rings. The zero-order valence-electron chi connectivity index (χ0n) is 11.2. The van der Waals surface area contributed by atoms with Crippen LogP contribution in [0.3, 0.4) is 0 Å². The molecule has 0 saturated carbocycles. The number of aromatic nitrogens is 2. The van der Waals surface area contributed by atoms with E-state index in [4.69, 9.17) is 5.11 Å². The second-order valence-electron chi connectivity index (χ2n) is 4.72. The topological polar surface area (TPSA) is 84.2 Å². The Morgan fingerprint density at radius 2 is 2.15 bits per heavy atom. The van der Waals surface area contributed by atoms with Gasteiger partial charge in [-0.05, 0) is 12.1 Å². The molecule has 1 aromatic carbocycles. The van der Waals surface area contributed by atoms with Crippen LogP contribution in [0.15, 0.2) is 30.6 Å². The molecule has 2 rings (SSSR count). The summed E-state index contributed by atoms with van der Waals surface area (Å²) in [5.74, 6) is -1.64. The molecule has 1 unspecified atom stereocenters. The second kappa shape index (κ2) is 6.18. The first-order valence-corrected chi connectivity index (χ1v) is 6.47. The maximum Gasteiger partial charge on any atom is 0.308 e. The minimum atomic E-state index is -0.911. The summed E-state index contributed by atoms with van der Waals surface area (Å²) in [5.41, 5.74) is 1.88. The fourth-order valence-electron chi connectivity index (χ4n) is 1.85. The SMILES string of the molecule is CC(CNC(=O)CCn1cnc2ccccc21)C(=O)O. The van der Waals surface area contributed by atoms with Gasteiger partial charge in [-0.25, -0.2) is 4.98 Å². The monoisotopic (exact) mass is 275 g/mol. The van der Waals surface area contributed by atoms with Crippen molar-refractivity contribution < 1.29 is 14.7 Å². The molecule has 0 saturated heterocycles. The lowest BCUT2D eigenvalue weighted by Crippen LogP contribution is -2.31. The van der Waals surface area contributed by atoms with Crippen LogP contribution in [0.5, 0.6) is 0 Å². The molecule has 106 valence electrons. The molecule has 1 heterocycles. The predicted octanol–water partition coefficient (Wildman–Crippen LogP) is 1.26. The Morgan fingerprint density at radius 3 is 2.90 bits per heavy atom. The van der Waals surface area contributed by atoms with Crippen molar-refractivity contribution in [3.05, 3.63) is 30.6 Å². The standard InChI is InChI=1S/C14H17N3O3/c1-10(14(19)20)8-15-13(18)6-7-17-9-16-11-4-2-3-5-12(11)17/h2-5,9-10H,6-8H2,1H3,(H,15,18)(H,19,20). The Labute approximate surface area is 116 Å². The summed E-state index contributed by atoms with van der Waals surface area (Å²) in [5, 5.41) is 11.4. The normalized spacial score (nSPS) is 12.2. The van der Waals surface area contributed by atoms with Gasteiger partial charge in [-0.15, -0.1) is 0 Å². The third-order valence-electron chi connectivity index (χ3n) is 3.13. The molecule has 20 heavy (non-hydrogen) atoms. The van der Waals surface area contributed by atoms with Crippen LogP contribution in [0.2, 0.25) is 0 Å². The fourth-order valence-corrected chi connectivity index (χ4v) is 1.85. The predicted molar refractivity (Wildman–Crippen MR) is 74.2 cm³/mol. The summed E-state index contributed by atoms with van der Waals surface area (Å²) in [4.78, 5) is 26.6. The zero-order chi connectivity index (χ0) is 14.5. The van der Waals surface area contributed by atoms with E-state index in [9.17, 15) is 9.59 Å². The molecule has 1 aromatic heterocycles. The number of aryl methyl sites for hydroxylation is 1. The largest absolute Gasteiger partial charge is 0.481 e. The number of benzene rings is 1. The van der Waals surface area contributed by atoms with E-state index >= 15 is 0 Å². The summed E-state index contributed by atoms with van der Waals surface area (Å²) < 4.78 is 1.91. The third-order valence-corrected chi connectivity index (χ3v) is 3.13. The summed E-state index contributed by atoms with van der Waals surface area (Å²) in [6, 6.07) is 7.71. The molecule has 0 bridgehead atoms. The number of carbonyl (C=O) groups excluding carboxylic acids is 1. The maximum atomic E-state index is 11.7. The lowest BCUT2D eigenvalue weighted by molar-refractivity contribution is -0.141. The first-order valence-electron chi connectivity index (χ1n) is 6.47. The summed E-state index contributed by atoms with van der Waals surface area (Å²) in [6.45, 7) is 2.23. The molecule has 0 spiro atoms. The smallest absolute Gasteiger partial charge is 0.308 e. The molecule has 0 radical (unpaired) electrons. The molecule has 0 aliphatic carbocycles. The van der Waals surface area contributed by atoms with Gasteiger partial charge in [-0.3, -0.25) is 9.59 Å². The highest BCUT2D eigenvalue weighted by molar-refractivity contribution is 5.78. The Balaban J connectivity index is 1.86. The van der Waals surface area contributed by atoms with E-state index in [1.54, 1.807) is 13.3 Å². The Kier molecular flexibility index (Phi) is 4.34. The maximum absolute atomic E-state index is 11.7. The lowest BCUT2D eigenvalue weighted by Gasteiger charge is -2.09. The molecule has 2 aromatic rings. The number of imidazole rings is 1. The molecule has 6 nitrogen and oxygen atoms in total. The summed E-state index contributed by atoms with van der Waals surface area (Å²) in [7, 11) is 0. The molecule has 1 amide bonds. The van der Waals surface area contributed by atoms with Gasteiger partial charge in [-0.2, -0.15) is 0 Å². The number of amides is 1. The van der Waals surface area contributed by atoms with Crippen LogP contribution in [0.25, 0.3) is 11.0 Å². The zero-order valence-corrected chi connectivity index (χ0v) is 11.2. The molecule has 0 aliphatic heterocycles. The van der Waals surface area contributed by atoms with Crippen molar-refractivity contribution in [2.75, 3.05) is 6.54 Å². The van der Waals surface area contributed by atoms with Crippen molar-refractivity contribution >= 4 is 22.9 Å². The minimum Gasteiger partial charge on any atom is -0.481 e. The average molecular weight is 275 g/mol. The second-order valence-corrected chi connectivity index (χ2v) is 4.72. The molecule has 2 N–H and O–H groups in total. The van der Waals surface area contributed by atoms with E-state index in [-0.39, 0.29) is 12.5 Å². The van der Waals surface area contributed by atoms with Crippen molar-refractivity contribution in [3.63, 3.8) is 0 Å². The summed E-state index contributed by atoms with van der Waals surface area (Å²) >= 11 is 0. The number of nitrogens with one attached hydrogen (secondary N) is 1. The molecule has 0 aliphatic rings. The van der Waals surface area contributed by atoms with Crippen molar-refractivity contribution in [2.45, 2.75) is 19.9 Å². The first-order chi connectivity index (χ1) is 9.58. The van der Waals surface area contributed by atoms with Gasteiger partial charge < -0.3 is 15.0 Å². The van der Waals surface area contributed by atoms with Crippen molar-refractivity contribution in [3.8, 4) is 0 Å². The Hall–Kier alpha value is -2.37. The van der Waals surface area contributed by atoms with E-state index in [1.165, 1.54) is 0 Å². The molecule has 6 heteroatoms. The highest BCUT2D eigenvalue weighted by Crippen LogP contribution is 2.11. The van der Waals surface area contributed by atoms with E-state index in [0.717, 1.165) is 11.0 Å². The number of nitrogens with zero attached hydrogens (tertiary/aromatic N) is 2. The van der Waals surface area contributed by atoms with Crippen molar-refractivity contribution in [2.24, 2.45) is 5.92 Å². The third kappa shape index (κ3) is 3.34. The van der Waals surface area contributed by atoms with Crippen LogP contribution in [-0.4, -0.2) is 33.1 Å². The van der Waals surface area contributed by atoms with Gasteiger partial charge in [0.05, 0.1) is 23.3 Å². The van der Waals surface area contributed by atoms with Gasteiger partial charge in [0, 0.05) is 19.5 Å². The van der Waals surface area contributed by atoms with Crippen LogP contribution in [0.4, 0.5) is 0 Å². The van der Waals surface area contributed by atoms with Gasteiger partial charge in [0.1, 0.15) is 0 Å². The lowest BCUT2D eigenvalue weighted by atomic mass is 10.2. The van der Waals surface area contributed by atoms with Gasteiger partial charge in [0.15, 0.2) is 0 Å². The summed E-state index contributed by atoms with van der Waals surface area (Å²) in [6.07, 6.45) is 2.00. The number of rotatable bonds is 6. The van der Waals surface area contributed by atoms with Crippen molar-refractivity contribution in [1.29, 1.82) is 0 Å². The number of para-hydroxylation sites is 2. The number of carboxylic acids is 1. The van der Waals surface area contributed by atoms with Crippen LogP contribution in [0.1, 0.15) is 13.3 Å². The average Bonchev–Trinajstić information content (AvgIpc) is 2.85. The van der Waals surface area contributed by atoms with Crippen LogP contribution in [-0.2, 0) is 16.1 Å². The highest BCUT2D eigenvalue weighted by atomic mass is 16.4. The number of carbonyl (C=O) groups is 2. The van der Waals surface area contributed by atoms with E-state index in [1.807, 2.05) is 28.8 Å². The van der Waals surface area contributed by atoms with Crippen LogP contribution in [0, 0.1) is 5.92 Å². The number of carboxylic acid groups (broad SMARTS) is 1. The van der Waals surface area contributed by atoms with Gasteiger partial charge in [0.25, 0.3) is 0 Å². The van der Waals surface area contributed by atoms with Crippen LogP contribution < -0.4 is 5.32 Å². The molecular weight excluding hydrogens is 258 g/mol. The van der Waals surface area contributed by atoms with Gasteiger partial charge in [0.2, 0.25) is 5.91 Å². The quantitative estimate of drug-likeness (QED) is 0.831. The number of hydrogen-bond donors (Lipinski definition) is 2. The number of hydrogen-bond acceptors (Lipinski definition) is 3. The highest BCUT2D eigenvalue weighted by Gasteiger charge is 2.12. The van der Waals surface area contributed by atoms with Crippen molar-refractivity contribution in [1.82, 2.24) is 14.9 Å². The molecule has 1 atom stereocenters. The Morgan fingerprint density at radius 1 is 1.40 bits per heavy atom. The molecular formula is C14H17N3O3. The fraction of sp³-hybridized carbons (Fsp3) is 0.357. The van der Waals surface area contributed by atoms with Gasteiger partial charge in [-0.1, -0.05) is 19.1 Å². The number of aliphatic carboxylic acids is 1. The Bertz CT molecular complexity index is 621. The van der Waals surface area contributed by atoms with E-state index in [2.05, 4.69) is 10.3 Å². The first kappa shape index (κ1) is 14.0. The minimum absolute atomic E-state index is 0.152. The van der Waals surface area contributed by atoms with Gasteiger partial charge >= 0.3 is 5.97 Å². The van der Waals surface area contributed by atoms with Crippen LogP contribution >= 0.6 is 0 Å². The number of fused-ring (bicyclic) bond motifs is 1. The van der Waals surface area contributed by atoms with E-state index < -0.39 is 11.9 Å².